The van der Waals surface area contributed by atoms with Crippen molar-refractivity contribution in [2.45, 2.75) is 19.9 Å². The van der Waals surface area contributed by atoms with Crippen LogP contribution in [-0.2, 0) is 16.1 Å². The average Bonchev–Trinajstić information content (AvgIpc) is 2.58. The van der Waals surface area contributed by atoms with Crippen LogP contribution in [0.25, 0.3) is 0 Å². The topological polar surface area (TPSA) is 61.2 Å². The molecule has 0 aliphatic carbocycles. The molecule has 1 fully saturated rings. The first kappa shape index (κ1) is 12.2. The van der Waals surface area contributed by atoms with Gasteiger partial charge in [0, 0.05) is 17.9 Å². The number of halogens is 1. The van der Waals surface area contributed by atoms with Crippen LogP contribution >= 0.6 is 0 Å². The fraction of sp³-hybridized carbons (Fsp3) is 0.308. The molecule has 18 heavy (non-hydrogen) atoms. The van der Waals surface area contributed by atoms with Crippen molar-refractivity contribution in [3.05, 3.63) is 35.1 Å². The van der Waals surface area contributed by atoms with Crippen molar-refractivity contribution in [3.8, 4) is 6.07 Å². The van der Waals surface area contributed by atoms with Gasteiger partial charge < -0.3 is 0 Å². The Morgan fingerprint density at radius 2 is 2.22 bits per heavy atom. The van der Waals surface area contributed by atoms with E-state index in [-0.39, 0.29) is 41.8 Å². The minimum atomic E-state index is -0.667. The van der Waals surface area contributed by atoms with Gasteiger partial charge in [0.25, 0.3) is 0 Å². The van der Waals surface area contributed by atoms with E-state index in [1.807, 2.05) is 0 Å². The van der Waals surface area contributed by atoms with Gasteiger partial charge in [-0.2, -0.15) is 5.26 Å². The molecular weight excluding hydrogens is 235 g/mol. The zero-order valence-electron chi connectivity index (χ0n) is 9.81. The van der Waals surface area contributed by atoms with E-state index in [9.17, 15) is 14.0 Å². The molecule has 1 aromatic carbocycles. The normalized spacial score (nSPS) is 19.2. The molecule has 1 unspecified atom stereocenters. The molecule has 1 heterocycles. The third-order valence-electron chi connectivity index (χ3n) is 3.00. The van der Waals surface area contributed by atoms with E-state index in [0.29, 0.717) is 0 Å². The summed E-state index contributed by atoms with van der Waals surface area (Å²) in [7, 11) is 0. The van der Waals surface area contributed by atoms with Crippen molar-refractivity contribution >= 4 is 11.8 Å². The second kappa shape index (κ2) is 4.57. The molecule has 0 aromatic heterocycles. The van der Waals surface area contributed by atoms with Gasteiger partial charge in [0.15, 0.2) is 0 Å². The van der Waals surface area contributed by atoms with E-state index in [0.717, 1.165) is 4.90 Å². The van der Waals surface area contributed by atoms with Gasteiger partial charge in [-0.3, -0.25) is 14.5 Å². The van der Waals surface area contributed by atoms with Crippen LogP contribution in [0, 0.1) is 23.1 Å². The molecular formula is C13H11FN2O2. The van der Waals surface area contributed by atoms with Gasteiger partial charge in [-0.15, -0.1) is 0 Å². The van der Waals surface area contributed by atoms with Gasteiger partial charge >= 0.3 is 0 Å². The quantitative estimate of drug-likeness (QED) is 0.744. The molecule has 4 nitrogen and oxygen atoms in total. The van der Waals surface area contributed by atoms with Crippen LogP contribution in [0.3, 0.4) is 0 Å². The molecule has 0 bridgehead atoms. The highest BCUT2D eigenvalue weighted by molar-refractivity contribution is 6.03. The van der Waals surface area contributed by atoms with Gasteiger partial charge in [-0.25, -0.2) is 4.39 Å². The standard InChI is InChI=1S/C13H11FN2O2/c1-8-5-11(17)16(13(8)18)7-10-4-2-3-9(6-15)12(10)14/h2-4,8H,5,7H2,1H3. The Morgan fingerprint density at radius 1 is 1.50 bits per heavy atom. The number of likely N-dealkylation sites (tertiary alicyclic amines) is 1. The molecule has 1 saturated heterocycles. The second-order valence-electron chi connectivity index (χ2n) is 4.31. The number of imide groups is 1. The lowest BCUT2D eigenvalue weighted by Crippen LogP contribution is -2.30. The Labute approximate surface area is 104 Å². The van der Waals surface area contributed by atoms with Gasteiger partial charge in [-0.1, -0.05) is 19.1 Å². The summed E-state index contributed by atoms with van der Waals surface area (Å²) in [5.74, 6) is -1.60. The van der Waals surface area contributed by atoms with Crippen LogP contribution in [-0.4, -0.2) is 16.7 Å². The third kappa shape index (κ3) is 1.97. The Bertz CT molecular complexity index is 563. The molecule has 2 rings (SSSR count). The smallest absolute Gasteiger partial charge is 0.232 e. The maximum atomic E-state index is 13.8. The number of amides is 2. The van der Waals surface area contributed by atoms with E-state index in [4.69, 9.17) is 5.26 Å². The summed E-state index contributed by atoms with van der Waals surface area (Å²) in [6.45, 7) is 1.56. The summed E-state index contributed by atoms with van der Waals surface area (Å²) < 4.78 is 13.8. The Morgan fingerprint density at radius 3 is 2.78 bits per heavy atom. The number of carbonyl (C=O) groups is 2. The van der Waals surface area contributed by atoms with Crippen LogP contribution in [0.1, 0.15) is 24.5 Å². The first-order chi connectivity index (χ1) is 8.54. The molecule has 1 aliphatic heterocycles. The van der Waals surface area contributed by atoms with Crippen LogP contribution in [0.4, 0.5) is 4.39 Å². The van der Waals surface area contributed by atoms with E-state index in [2.05, 4.69) is 0 Å². The molecule has 1 aliphatic rings. The number of carbonyl (C=O) groups excluding carboxylic acids is 2. The van der Waals surface area contributed by atoms with Crippen molar-refractivity contribution in [1.29, 1.82) is 5.26 Å². The lowest BCUT2D eigenvalue weighted by Gasteiger charge is -2.15. The molecule has 0 spiro atoms. The number of hydrogen-bond acceptors (Lipinski definition) is 3. The first-order valence-corrected chi connectivity index (χ1v) is 5.56. The van der Waals surface area contributed by atoms with Crippen LogP contribution in [0.5, 0.6) is 0 Å². The maximum Gasteiger partial charge on any atom is 0.232 e. The third-order valence-corrected chi connectivity index (χ3v) is 3.00. The second-order valence-corrected chi connectivity index (χ2v) is 4.31. The van der Waals surface area contributed by atoms with Gasteiger partial charge in [0.05, 0.1) is 12.1 Å². The first-order valence-electron chi connectivity index (χ1n) is 5.56. The molecule has 0 saturated carbocycles. The summed E-state index contributed by atoms with van der Waals surface area (Å²) in [5, 5.41) is 8.71. The van der Waals surface area contributed by atoms with Crippen LogP contribution in [0.15, 0.2) is 18.2 Å². The lowest BCUT2D eigenvalue weighted by molar-refractivity contribution is -0.139. The fourth-order valence-corrected chi connectivity index (χ4v) is 1.97. The van der Waals surface area contributed by atoms with Crippen molar-refractivity contribution in [2.24, 2.45) is 5.92 Å². The zero-order chi connectivity index (χ0) is 13.3. The number of nitriles is 1. The fourth-order valence-electron chi connectivity index (χ4n) is 1.97. The summed E-state index contributed by atoms with van der Waals surface area (Å²) in [5.41, 5.74) is 0.101. The predicted molar refractivity (Wildman–Crippen MR) is 60.5 cm³/mol. The van der Waals surface area contributed by atoms with Crippen LogP contribution < -0.4 is 0 Å². The van der Waals surface area contributed by atoms with E-state index in [1.54, 1.807) is 13.0 Å². The Kier molecular flexibility index (Phi) is 3.11. The maximum absolute atomic E-state index is 13.8. The monoisotopic (exact) mass is 246 g/mol. The predicted octanol–water partition coefficient (Wildman–Crippen LogP) is 1.59. The molecule has 92 valence electrons. The number of hydrogen-bond donors (Lipinski definition) is 0. The summed E-state index contributed by atoms with van der Waals surface area (Å²) in [6.07, 6.45) is 0.165. The minimum absolute atomic E-state index is 0.0837. The van der Waals surface area contributed by atoms with Crippen LogP contribution in [0.2, 0.25) is 0 Å². The number of benzene rings is 1. The van der Waals surface area contributed by atoms with Gasteiger partial charge in [0.1, 0.15) is 11.9 Å². The SMILES string of the molecule is CC1CC(=O)N(Cc2cccc(C#N)c2F)C1=O. The molecule has 5 heteroatoms. The number of rotatable bonds is 2. The molecule has 1 atom stereocenters. The van der Waals surface area contributed by atoms with E-state index < -0.39 is 5.82 Å². The Balaban J connectivity index is 2.28. The average molecular weight is 246 g/mol. The van der Waals surface area contributed by atoms with Crippen molar-refractivity contribution in [2.75, 3.05) is 0 Å². The Hall–Kier alpha value is -2.22. The van der Waals surface area contributed by atoms with Gasteiger partial charge in [0.2, 0.25) is 11.8 Å². The van der Waals surface area contributed by atoms with E-state index >= 15 is 0 Å². The molecule has 0 N–H and O–H groups in total. The minimum Gasteiger partial charge on any atom is -0.278 e. The van der Waals surface area contributed by atoms with Crippen molar-refractivity contribution in [3.63, 3.8) is 0 Å². The molecule has 1 aromatic rings. The molecule has 0 radical (unpaired) electrons. The largest absolute Gasteiger partial charge is 0.278 e. The summed E-state index contributed by atoms with van der Waals surface area (Å²) in [4.78, 5) is 24.3. The zero-order valence-corrected chi connectivity index (χ0v) is 9.81. The van der Waals surface area contributed by atoms with Crippen molar-refractivity contribution < 1.29 is 14.0 Å². The molecule has 2 amide bonds. The highest BCUT2D eigenvalue weighted by Crippen LogP contribution is 2.22. The van der Waals surface area contributed by atoms with Gasteiger partial charge in [-0.05, 0) is 6.07 Å². The summed E-state index contributed by atoms with van der Waals surface area (Å²) >= 11 is 0. The number of nitrogens with zero attached hydrogens (tertiary/aromatic N) is 2. The van der Waals surface area contributed by atoms with Crippen molar-refractivity contribution in [1.82, 2.24) is 4.90 Å². The van der Waals surface area contributed by atoms with E-state index in [1.165, 1.54) is 18.2 Å². The summed E-state index contributed by atoms with van der Waals surface area (Å²) in [6, 6.07) is 6.09. The lowest BCUT2D eigenvalue weighted by atomic mass is 10.1. The highest BCUT2D eigenvalue weighted by atomic mass is 19.1. The highest BCUT2D eigenvalue weighted by Gasteiger charge is 2.35.